The van der Waals surface area contributed by atoms with Gasteiger partial charge in [-0.1, -0.05) is 61.2 Å². The number of carbonyl (C=O) groups is 1. The van der Waals surface area contributed by atoms with Gasteiger partial charge in [0.1, 0.15) is 11.4 Å². The molecule has 0 unspecified atom stereocenters. The van der Waals surface area contributed by atoms with Crippen LogP contribution in [0.25, 0.3) is 6.08 Å². The predicted molar refractivity (Wildman–Crippen MR) is 104 cm³/mol. The molecule has 0 bridgehead atoms. The lowest BCUT2D eigenvalue weighted by atomic mass is 10.1. The molecule has 0 atom stereocenters. The monoisotopic (exact) mass is 352 g/mol. The van der Waals surface area contributed by atoms with Crippen LogP contribution in [0.2, 0.25) is 0 Å². The molecule has 0 saturated heterocycles. The molecule has 128 valence electrons. The number of hydrogen-bond acceptors (Lipinski definition) is 4. The molecular weight excluding hydrogens is 332 g/mol. The van der Waals surface area contributed by atoms with Crippen LogP contribution in [0, 0.1) is 0 Å². The summed E-state index contributed by atoms with van der Waals surface area (Å²) in [6, 6.07) is 17.6. The highest BCUT2D eigenvalue weighted by molar-refractivity contribution is 8.13. The van der Waals surface area contributed by atoms with E-state index in [1.165, 1.54) is 0 Å². The molecule has 25 heavy (non-hydrogen) atoms. The number of carbonyl (C=O) groups excluding carboxylic acids is 1. The average Bonchev–Trinajstić information content (AvgIpc) is 2.92. The molecular formula is C20H20N2O2S. The quantitative estimate of drug-likeness (QED) is 0.758. The Kier molecular flexibility index (Phi) is 5.56. The summed E-state index contributed by atoms with van der Waals surface area (Å²) in [5.74, 6) is 1.60. The van der Waals surface area contributed by atoms with E-state index < -0.39 is 0 Å². The zero-order chi connectivity index (χ0) is 17.6. The minimum Gasteiger partial charge on any atom is -0.497 e. The number of ether oxygens (including phenoxy) is 1. The van der Waals surface area contributed by atoms with Crippen molar-refractivity contribution >= 4 is 28.9 Å². The first-order chi connectivity index (χ1) is 12.2. The highest BCUT2D eigenvalue weighted by Gasteiger charge is 2.30. The van der Waals surface area contributed by atoms with Crippen LogP contribution >= 0.6 is 11.8 Å². The summed E-state index contributed by atoms with van der Waals surface area (Å²) < 4.78 is 5.17. The van der Waals surface area contributed by atoms with Crippen molar-refractivity contribution in [3.8, 4) is 5.75 Å². The fourth-order valence-electron chi connectivity index (χ4n) is 2.53. The van der Waals surface area contributed by atoms with Gasteiger partial charge in [0.25, 0.3) is 5.91 Å². The van der Waals surface area contributed by atoms with Gasteiger partial charge in [-0.3, -0.25) is 9.69 Å². The normalized spacial score (nSPS) is 15.6. The SMILES string of the molecule is CCSC1=N/C(=C\c2ccc(OC)cc2)C(=O)N1Cc1ccccc1. The van der Waals surface area contributed by atoms with Crippen molar-refractivity contribution in [1.29, 1.82) is 0 Å². The second-order valence-electron chi connectivity index (χ2n) is 5.51. The maximum atomic E-state index is 12.8. The third-order valence-corrected chi connectivity index (χ3v) is 4.65. The largest absolute Gasteiger partial charge is 0.497 e. The standard InChI is InChI=1S/C20H20N2O2S/c1-3-25-20-21-18(13-15-9-11-17(24-2)12-10-15)19(23)22(20)14-16-7-5-4-6-8-16/h4-13H,3,14H2,1-2H3/b18-13-. The van der Waals surface area contributed by atoms with Crippen molar-refractivity contribution in [2.75, 3.05) is 12.9 Å². The Morgan fingerprint density at radius 2 is 1.84 bits per heavy atom. The first kappa shape index (κ1) is 17.3. The van der Waals surface area contributed by atoms with Gasteiger partial charge >= 0.3 is 0 Å². The highest BCUT2D eigenvalue weighted by Crippen LogP contribution is 2.26. The van der Waals surface area contributed by atoms with E-state index in [0.717, 1.165) is 27.8 Å². The third kappa shape index (κ3) is 4.12. The van der Waals surface area contributed by atoms with Crippen LogP contribution in [0.1, 0.15) is 18.1 Å². The van der Waals surface area contributed by atoms with E-state index in [1.54, 1.807) is 23.8 Å². The number of benzene rings is 2. The Hall–Kier alpha value is -2.53. The Morgan fingerprint density at radius 1 is 1.12 bits per heavy atom. The van der Waals surface area contributed by atoms with Crippen LogP contribution in [-0.2, 0) is 11.3 Å². The predicted octanol–water partition coefficient (Wildman–Crippen LogP) is 4.19. The summed E-state index contributed by atoms with van der Waals surface area (Å²) in [4.78, 5) is 19.1. The maximum absolute atomic E-state index is 12.8. The molecule has 5 heteroatoms. The van der Waals surface area contributed by atoms with Crippen LogP contribution in [-0.4, -0.2) is 28.8 Å². The summed E-state index contributed by atoms with van der Waals surface area (Å²) in [5, 5.41) is 0.760. The Bertz CT molecular complexity index is 798. The number of methoxy groups -OCH3 is 1. The number of amidine groups is 1. The van der Waals surface area contributed by atoms with Crippen molar-refractivity contribution in [3.63, 3.8) is 0 Å². The first-order valence-electron chi connectivity index (χ1n) is 8.14. The van der Waals surface area contributed by atoms with Crippen molar-refractivity contribution in [2.24, 2.45) is 4.99 Å². The Balaban J connectivity index is 1.85. The van der Waals surface area contributed by atoms with E-state index in [-0.39, 0.29) is 5.91 Å². The molecule has 1 aliphatic heterocycles. The number of hydrogen-bond donors (Lipinski definition) is 0. The number of aliphatic imine (C=N–C) groups is 1. The average molecular weight is 352 g/mol. The second-order valence-corrected chi connectivity index (χ2v) is 6.74. The Morgan fingerprint density at radius 3 is 2.48 bits per heavy atom. The van der Waals surface area contributed by atoms with Gasteiger partial charge in [0, 0.05) is 0 Å². The van der Waals surface area contributed by atoms with Gasteiger partial charge < -0.3 is 4.74 Å². The molecule has 2 aromatic carbocycles. The number of rotatable bonds is 5. The van der Waals surface area contributed by atoms with Gasteiger partial charge in [-0.25, -0.2) is 4.99 Å². The zero-order valence-electron chi connectivity index (χ0n) is 14.3. The van der Waals surface area contributed by atoms with E-state index in [9.17, 15) is 4.79 Å². The van der Waals surface area contributed by atoms with E-state index in [1.807, 2.05) is 60.7 Å². The fraction of sp³-hybridized carbons (Fsp3) is 0.200. The van der Waals surface area contributed by atoms with Crippen LogP contribution in [0.3, 0.4) is 0 Å². The number of amides is 1. The molecule has 0 aliphatic carbocycles. The Labute approximate surface area is 152 Å². The summed E-state index contributed by atoms with van der Waals surface area (Å²) in [5.41, 5.74) is 2.48. The third-order valence-electron chi connectivity index (χ3n) is 3.79. The summed E-state index contributed by atoms with van der Waals surface area (Å²) in [6.07, 6.45) is 1.82. The zero-order valence-corrected chi connectivity index (χ0v) is 15.1. The summed E-state index contributed by atoms with van der Waals surface area (Å²) >= 11 is 1.58. The lowest BCUT2D eigenvalue weighted by molar-refractivity contribution is -0.122. The molecule has 0 radical (unpaired) electrons. The maximum Gasteiger partial charge on any atom is 0.278 e. The molecule has 3 rings (SSSR count). The minimum absolute atomic E-state index is 0.0596. The lowest BCUT2D eigenvalue weighted by Gasteiger charge is -2.17. The van der Waals surface area contributed by atoms with Gasteiger partial charge in [-0.2, -0.15) is 0 Å². The van der Waals surface area contributed by atoms with Crippen molar-refractivity contribution in [2.45, 2.75) is 13.5 Å². The van der Waals surface area contributed by atoms with Crippen LogP contribution in [0.4, 0.5) is 0 Å². The van der Waals surface area contributed by atoms with E-state index in [2.05, 4.69) is 11.9 Å². The van der Waals surface area contributed by atoms with Crippen LogP contribution in [0.5, 0.6) is 5.75 Å². The van der Waals surface area contributed by atoms with E-state index in [0.29, 0.717) is 12.2 Å². The molecule has 0 N–H and O–H groups in total. The van der Waals surface area contributed by atoms with E-state index >= 15 is 0 Å². The molecule has 1 heterocycles. The summed E-state index contributed by atoms with van der Waals surface area (Å²) in [6.45, 7) is 2.59. The highest BCUT2D eigenvalue weighted by atomic mass is 32.2. The molecule has 0 saturated carbocycles. The van der Waals surface area contributed by atoms with Gasteiger partial charge in [-0.15, -0.1) is 0 Å². The van der Waals surface area contributed by atoms with E-state index in [4.69, 9.17) is 4.74 Å². The lowest BCUT2D eigenvalue weighted by Crippen LogP contribution is -2.30. The first-order valence-corrected chi connectivity index (χ1v) is 9.13. The topological polar surface area (TPSA) is 41.9 Å². The summed E-state index contributed by atoms with van der Waals surface area (Å²) in [7, 11) is 1.63. The van der Waals surface area contributed by atoms with Crippen LogP contribution in [0.15, 0.2) is 65.3 Å². The van der Waals surface area contributed by atoms with Crippen LogP contribution < -0.4 is 4.74 Å². The fourth-order valence-corrected chi connectivity index (χ4v) is 3.26. The molecule has 2 aromatic rings. The number of nitrogens with zero attached hydrogens (tertiary/aromatic N) is 2. The molecule has 0 fully saturated rings. The molecule has 0 spiro atoms. The molecule has 4 nitrogen and oxygen atoms in total. The van der Waals surface area contributed by atoms with Gasteiger partial charge in [-0.05, 0) is 35.1 Å². The molecule has 1 aliphatic rings. The second kappa shape index (κ2) is 8.03. The van der Waals surface area contributed by atoms with Gasteiger partial charge in [0.2, 0.25) is 0 Å². The minimum atomic E-state index is -0.0596. The van der Waals surface area contributed by atoms with Crippen molar-refractivity contribution < 1.29 is 9.53 Å². The number of thioether (sulfide) groups is 1. The van der Waals surface area contributed by atoms with Crippen molar-refractivity contribution in [1.82, 2.24) is 4.90 Å². The van der Waals surface area contributed by atoms with Gasteiger partial charge in [0.05, 0.1) is 13.7 Å². The van der Waals surface area contributed by atoms with Gasteiger partial charge in [0.15, 0.2) is 5.17 Å². The smallest absolute Gasteiger partial charge is 0.278 e. The van der Waals surface area contributed by atoms with Crippen molar-refractivity contribution in [3.05, 3.63) is 71.4 Å². The molecule has 1 amide bonds. The molecule has 0 aromatic heterocycles.